The van der Waals surface area contributed by atoms with Gasteiger partial charge in [0, 0.05) is 52.6 Å². The fourth-order valence-electron chi connectivity index (χ4n) is 8.97. The highest BCUT2D eigenvalue weighted by atomic mass is 79.9. The van der Waals surface area contributed by atoms with E-state index in [1.54, 1.807) is 24.4 Å². The number of methoxy groups -OCH3 is 1. The van der Waals surface area contributed by atoms with Crippen molar-refractivity contribution >= 4 is 57.5 Å². The molecule has 0 spiro atoms. The van der Waals surface area contributed by atoms with E-state index in [4.69, 9.17) is 24.2 Å². The predicted molar refractivity (Wildman–Crippen MR) is 222 cm³/mol. The lowest BCUT2D eigenvalue weighted by Crippen LogP contribution is -2.57. The normalized spacial score (nSPS) is 17.5. The lowest BCUT2D eigenvalue weighted by atomic mass is 9.95. The van der Waals surface area contributed by atoms with Crippen LogP contribution in [0.15, 0.2) is 34.9 Å². The standard InChI is InChI=1S/C43H53BrF2N4O4Si/c1-24(2)55(25(3)4,26(5)6)17-16-32-35(45)15-12-28-18-31(53-23-52-11)19-33(36(28)32)40-39(46)37-34(20-47-40)41(48-27(7)38(37)44)49-21-29-13-14-30(22-49)50(29)42(51)54-43(8,9)10/h12,15,18-20,24-26,29-30H,13-14,21-23H2,1-11H3. The van der Waals surface area contributed by atoms with Crippen molar-refractivity contribution in [2.75, 3.05) is 31.9 Å². The predicted octanol–water partition coefficient (Wildman–Crippen LogP) is 10.9. The molecular weight excluding hydrogens is 782 g/mol. The Bertz CT molecular complexity index is 2160. The smallest absolute Gasteiger partial charge is 0.410 e. The van der Waals surface area contributed by atoms with Crippen LogP contribution in [0.2, 0.25) is 16.6 Å². The molecule has 2 atom stereocenters. The number of aryl methyl sites for hydroxylation is 1. The second-order valence-electron chi connectivity index (χ2n) is 16.9. The summed E-state index contributed by atoms with van der Waals surface area (Å²) in [7, 11) is -0.736. The highest BCUT2D eigenvalue weighted by molar-refractivity contribution is 9.10. The van der Waals surface area contributed by atoms with E-state index < -0.39 is 25.3 Å². The van der Waals surface area contributed by atoms with E-state index in [0.29, 0.717) is 78.6 Å². The largest absolute Gasteiger partial charge is 0.468 e. The van der Waals surface area contributed by atoms with Crippen LogP contribution in [0, 0.1) is 30.0 Å². The van der Waals surface area contributed by atoms with Gasteiger partial charge in [-0.15, -0.1) is 5.54 Å². The lowest BCUT2D eigenvalue weighted by Gasteiger charge is -2.42. The third-order valence-corrected chi connectivity index (χ3v) is 18.6. The first-order valence-electron chi connectivity index (χ1n) is 19.2. The molecule has 6 rings (SSSR count). The Morgan fingerprint density at radius 1 is 1.02 bits per heavy atom. The molecule has 2 aliphatic heterocycles. The van der Waals surface area contributed by atoms with Crippen molar-refractivity contribution in [3.63, 3.8) is 0 Å². The Balaban J connectivity index is 1.53. The van der Waals surface area contributed by atoms with E-state index >= 15 is 8.78 Å². The number of ether oxygens (including phenoxy) is 3. The van der Waals surface area contributed by atoms with Crippen LogP contribution in [0.4, 0.5) is 19.4 Å². The van der Waals surface area contributed by atoms with E-state index in [9.17, 15) is 4.79 Å². The van der Waals surface area contributed by atoms with Gasteiger partial charge in [0.2, 0.25) is 0 Å². The number of fused-ring (bicyclic) bond motifs is 4. The lowest BCUT2D eigenvalue weighted by molar-refractivity contribution is 0.0123. The van der Waals surface area contributed by atoms with Crippen LogP contribution in [-0.4, -0.2) is 73.7 Å². The van der Waals surface area contributed by atoms with Gasteiger partial charge in [-0.3, -0.25) is 9.88 Å². The average Bonchev–Trinajstić information content (AvgIpc) is 3.37. The molecule has 0 saturated carbocycles. The number of carbonyl (C=O) groups excluding carboxylic acids is 1. The number of anilines is 1. The molecule has 1 amide bonds. The zero-order chi connectivity index (χ0) is 40.1. The Labute approximate surface area is 333 Å². The molecule has 4 aromatic rings. The number of carbonyl (C=O) groups is 1. The van der Waals surface area contributed by atoms with Crippen LogP contribution in [0.5, 0.6) is 5.75 Å². The minimum Gasteiger partial charge on any atom is -0.468 e. The molecule has 2 saturated heterocycles. The molecule has 12 heteroatoms. The quantitative estimate of drug-likeness (QED) is 0.0994. The molecule has 2 aromatic carbocycles. The highest BCUT2D eigenvalue weighted by Crippen LogP contribution is 2.44. The van der Waals surface area contributed by atoms with Crippen molar-refractivity contribution < 1.29 is 27.8 Å². The van der Waals surface area contributed by atoms with Gasteiger partial charge in [-0.25, -0.2) is 18.6 Å². The van der Waals surface area contributed by atoms with Gasteiger partial charge in [-0.2, -0.15) is 0 Å². The first-order chi connectivity index (χ1) is 25.9. The molecule has 2 unspecified atom stereocenters. The maximum Gasteiger partial charge on any atom is 0.410 e. The molecule has 294 valence electrons. The Morgan fingerprint density at radius 2 is 1.65 bits per heavy atom. The third-order valence-electron chi connectivity index (χ3n) is 11.4. The van der Waals surface area contributed by atoms with Gasteiger partial charge in [-0.1, -0.05) is 53.5 Å². The average molecular weight is 836 g/mol. The molecule has 0 N–H and O–H groups in total. The van der Waals surface area contributed by atoms with E-state index in [0.717, 1.165) is 12.8 Å². The van der Waals surface area contributed by atoms with E-state index in [2.05, 4.69) is 73.8 Å². The third kappa shape index (κ3) is 7.56. The number of pyridine rings is 2. The highest BCUT2D eigenvalue weighted by Gasteiger charge is 2.45. The number of halogens is 3. The number of benzene rings is 2. The van der Waals surface area contributed by atoms with Crippen molar-refractivity contribution in [1.29, 1.82) is 0 Å². The summed E-state index contributed by atoms with van der Waals surface area (Å²) in [5.41, 5.74) is 5.32. The fraction of sp³-hybridized carbons (Fsp3) is 0.512. The Morgan fingerprint density at radius 3 is 2.24 bits per heavy atom. The monoisotopic (exact) mass is 834 g/mol. The minimum absolute atomic E-state index is 0.0271. The summed E-state index contributed by atoms with van der Waals surface area (Å²) in [6.07, 6.45) is 3.03. The summed E-state index contributed by atoms with van der Waals surface area (Å²) in [4.78, 5) is 26.9. The number of piperazine rings is 1. The van der Waals surface area contributed by atoms with Gasteiger partial charge in [0.15, 0.2) is 12.6 Å². The van der Waals surface area contributed by atoms with Gasteiger partial charge in [0.05, 0.1) is 23.3 Å². The van der Waals surface area contributed by atoms with Crippen molar-refractivity contribution in [1.82, 2.24) is 14.9 Å². The zero-order valence-corrected chi connectivity index (χ0v) is 36.5. The summed E-state index contributed by atoms with van der Waals surface area (Å²) in [5, 5.41) is 1.97. The number of nitrogens with zero attached hydrogens (tertiary/aromatic N) is 4. The van der Waals surface area contributed by atoms with Crippen molar-refractivity contribution in [3.05, 3.63) is 57.8 Å². The second-order valence-corrected chi connectivity index (χ2v) is 23.3. The van der Waals surface area contributed by atoms with Crippen LogP contribution >= 0.6 is 15.9 Å². The fourth-order valence-corrected chi connectivity index (χ4v) is 14.7. The zero-order valence-electron chi connectivity index (χ0n) is 33.9. The van der Waals surface area contributed by atoms with Gasteiger partial charge in [0.25, 0.3) is 0 Å². The van der Waals surface area contributed by atoms with E-state index in [1.807, 2.05) is 32.6 Å². The summed E-state index contributed by atoms with van der Waals surface area (Å²) in [5.74, 6) is 3.32. The number of hydrogen-bond donors (Lipinski definition) is 0. The van der Waals surface area contributed by atoms with E-state index in [1.165, 1.54) is 13.2 Å². The van der Waals surface area contributed by atoms with Gasteiger partial charge < -0.3 is 19.1 Å². The molecule has 4 heterocycles. The number of rotatable bonds is 8. The van der Waals surface area contributed by atoms with E-state index in [-0.39, 0.29) is 36.2 Å². The SMILES string of the molecule is COCOc1cc(-c2ncc3c(N4CC5CCC(C4)N5C(=O)OC(C)(C)C)nc(C)c(Br)c3c2F)c2c(C#C[Si](C(C)C)(C(C)C)C(C)C)c(F)ccc2c1. The van der Waals surface area contributed by atoms with Gasteiger partial charge in [0.1, 0.15) is 36.8 Å². The van der Waals surface area contributed by atoms with Crippen LogP contribution < -0.4 is 9.64 Å². The first kappa shape index (κ1) is 40.9. The second kappa shape index (κ2) is 15.6. The van der Waals surface area contributed by atoms with Crippen LogP contribution in [0.1, 0.15) is 86.4 Å². The first-order valence-corrected chi connectivity index (χ1v) is 22.2. The minimum atomic E-state index is -2.26. The van der Waals surface area contributed by atoms with Crippen LogP contribution in [-0.2, 0) is 9.47 Å². The molecule has 2 aromatic heterocycles. The molecule has 2 aliphatic rings. The number of aromatic nitrogens is 2. The molecule has 2 bridgehead atoms. The summed E-state index contributed by atoms with van der Waals surface area (Å²) >= 11 is 3.66. The molecule has 55 heavy (non-hydrogen) atoms. The van der Waals surface area contributed by atoms with Crippen molar-refractivity contribution in [2.45, 2.75) is 116 Å². The molecule has 8 nitrogen and oxygen atoms in total. The number of hydrogen-bond acceptors (Lipinski definition) is 7. The van der Waals surface area contributed by atoms with Crippen molar-refractivity contribution in [3.8, 4) is 28.5 Å². The molecular formula is C43H53BrF2N4O4Si. The van der Waals surface area contributed by atoms with Gasteiger partial charge in [-0.05, 0) is 96.7 Å². The maximum absolute atomic E-state index is 17.5. The van der Waals surface area contributed by atoms with Gasteiger partial charge >= 0.3 is 6.09 Å². The molecule has 0 radical (unpaired) electrons. The summed E-state index contributed by atoms with van der Waals surface area (Å²) in [6, 6.07) is 6.45. The van der Waals surface area contributed by atoms with Crippen LogP contribution in [0.3, 0.4) is 0 Å². The molecule has 2 fully saturated rings. The van der Waals surface area contributed by atoms with Crippen molar-refractivity contribution in [2.24, 2.45) is 0 Å². The summed E-state index contributed by atoms with van der Waals surface area (Å²) in [6.45, 7) is 21.8. The summed E-state index contributed by atoms with van der Waals surface area (Å²) < 4.78 is 51.0. The number of amides is 1. The topological polar surface area (TPSA) is 77.0 Å². The molecule has 0 aliphatic carbocycles. The van der Waals surface area contributed by atoms with Crippen LogP contribution in [0.25, 0.3) is 32.8 Å². The Kier molecular flexibility index (Phi) is 11.6. The maximum atomic E-state index is 17.5. The Hall–Kier alpha value is -3.79.